The van der Waals surface area contributed by atoms with Gasteiger partial charge >= 0.3 is 0 Å². The lowest BCUT2D eigenvalue weighted by Gasteiger charge is -2.00. The highest BCUT2D eigenvalue weighted by atomic mass is 32.1. The zero-order valence-corrected chi connectivity index (χ0v) is 11.4. The molecule has 0 spiro atoms. The molecule has 0 fully saturated rings. The summed E-state index contributed by atoms with van der Waals surface area (Å²) < 4.78 is 14.0. The normalized spacial score (nSPS) is 10.7. The van der Waals surface area contributed by atoms with Crippen LogP contribution in [0.2, 0.25) is 0 Å². The SMILES string of the molecule is Cc1ccc2nc(NC(=O)c3cccc(F)n3)sc2c1. The maximum absolute atomic E-state index is 13.0. The molecule has 20 heavy (non-hydrogen) atoms. The standard InChI is InChI=1S/C14H10FN3OS/c1-8-5-6-9-11(7-8)20-14(17-9)18-13(19)10-3-2-4-12(15)16-10/h2-7H,1H3,(H,17,18,19). The van der Waals surface area contributed by atoms with Crippen LogP contribution in [0.3, 0.4) is 0 Å². The van der Waals surface area contributed by atoms with Crippen molar-refractivity contribution in [2.45, 2.75) is 6.92 Å². The monoisotopic (exact) mass is 287 g/mol. The zero-order valence-electron chi connectivity index (χ0n) is 10.6. The number of aromatic nitrogens is 2. The number of nitrogens with one attached hydrogen (secondary N) is 1. The van der Waals surface area contributed by atoms with Gasteiger partial charge in [-0.1, -0.05) is 23.5 Å². The van der Waals surface area contributed by atoms with E-state index in [9.17, 15) is 9.18 Å². The molecule has 0 radical (unpaired) electrons. The molecule has 0 saturated heterocycles. The lowest BCUT2D eigenvalue weighted by atomic mass is 10.2. The molecular weight excluding hydrogens is 277 g/mol. The number of hydrogen-bond donors (Lipinski definition) is 1. The quantitative estimate of drug-likeness (QED) is 0.735. The molecule has 0 saturated carbocycles. The molecule has 3 aromatic rings. The van der Waals surface area contributed by atoms with Crippen molar-refractivity contribution >= 4 is 32.6 Å². The fourth-order valence-corrected chi connectivity index (χ4v) is 2.74. The van der Waals surface area contributed by atoms with Crippen molar-refractivity contribution in [3.05, 3.63) is 53.6 Å². The number of anilines is 1. The molecular formula is C14H10FN3OS. The fourth-order valence-electron chi connectivity index (χ4n) is 1.78. The number of carbonyl (C=O) groups excluding carboxylic acids is 1. The summed E-state index contributed by atoms with van der Waals surface area (Å²) in [5.41, 5.74) is 1.98. The topological polar surface area (TPSA) is 54.9 Å². The molecule has 4 nitrogen and oxygen atoms in total. The Morgan fingerprint density at radius 1 is 1.25 bits per heavy atom. The van der Waals surface area contributed by atoms with Gasteiger partial charge < -0.3 is 0 Å². The summed E-state index contributed by atoms with van der Waals surface area (Å²) in [6.45, 7) is 1.99. The first-order valence-electron chi connectivity index (χ1n) is 5.93. The maximum Gasteiger partial charge on any atom is 0.276 e. The second kappa shape index (κ2) is 4.97. The van der Waals surface area contributed by atoms with Crippen molar-refractivity contribution in [3.8, 4) is 0 Å². The molecule has 0 unspecified atom stereocenters. The lowest BCUT2D eigenvalue weighted by Crippen LogP contribution is -2.13. The maximum atomic E-state index is 13.0. The Bertz CT molecular complexity index is 800. The van der Waals surface area contributed by atoms with Crippen LogP contribution >= 0.6 is 11.3 Å². The van der Waals surface area contributed by atoms with E-state index in [1.54, 1.807) is 0 Å². The molecule has 1 amide bonds. The Labute approximate surface area is 118 Å². The van der Waals surface area contributed by atoms with Crippen LogP contribution in [0.4, 0.5) is 9.52 Å². The number of rotatable bonds is 2. The first-order valence-corrected chi connectivity index (χ1v) is 6.74. The Hall–Kier alpha value is -2.34. The molecule has 100 valence electrons. The number of thiazole rings is 1. The van der Waals surface area contributed by atoms with Gasteiger partial charge in [-0.25, -0.2) is 9.97 Å². The average molecular weight is 287 g/mol. The van der Waals surface area contributed by atoms with Gasteiger partial charge in [0.1, 0.15) is 5.69 Å². The molecule has 1 N–H and O–H groups in total. The van der Waals surface area contributed by atoms with Crippen molar-refractivity contribution in [1.29, 1.82) is 0 Å². The Morgan fingerprint density at radius 2 is 2.10 bits per heavy atom. The smallest absolute Gasteiger partial charge is 0.276 e. The van der Waals surface area contributed by atoms with Crippen LogP contribution in [0.1, 0.15) is 16.1 Å². The number of aryl methyl sites for hydroxylation is 1. The predicted molar refractivity (Wildman–Crippen MR) is 76.5 cm³/mol. The second-order valence-electron chi connectivity index (χ2n) is 4.29. The van der Waals surface area contributed by atoms with Gasteiger partial charge in [-0.3, -0.25) is 10.1 Å². The van der Waals surface area contributed by atoms with Gasteiger partial charge in [-0.2, -0.15) is 4.39 Å². The van der Waals surface area contributed by atoms with Crippen molar-refractivity contribution in [2.24, 2.45) is 0 Å². The summed E-state index contributed by atoms with van der Waals surface area (Å²) >= 11 is 1.37. The van der Waals surface area contributed by atoms with Crippen LogP contribution in [-0.4, -0.2) is 15.9 Å². The van der Waals surface area contributed by atoms with E-state index in [1.165, 1.54) is 29.5 Å². The molecule has 3 rings (SSSR count). The summed E-state index contributed by atoms with van der Waals surface area (Å²) in [4.78, 5) is 19.8. The third-order valence-corrected chi connectivity index (χ3v) is 3.65. The fraction of sp³-hybridized carbons (Fsp3) is 0.0714. The first-order chi connectivity index (χ1) is 9.61. The number of benzene rings is 1. The number of nitrogens with zero attached hydrogens (tertiary/aromatic N) is 2. The average Bonchev–Trinajstić information content (AvgIpc) is 2.80. The van der Waals surface area contributed by atoms with Crippen LogP contribution in [0.5, 0.6) is 0 Å². The second-order valence-corrected chi connectivity index (χ2v) is 5.32. The van der Waals surface area contributed by atoms with Crippen LogP contribution < -0.4 is 5.32 Å². The number of fused-ring (bicyclic) bond motifs is 1. The van der Waals surface area contributed by atoms with E-state index in [1.807, 2.05) is 25.1 Å². The summed E-state index contributed by atoms with van der Waals surface area (Å²) in [6, 6.07) is 9.95. The molecule has 2 heterocycles. The van der Waals surface area contributed by atoms with Gasteiger partial charge in [-0.15, -0.1) is 0 Å². The van der Waals surface area contributed by atoms with Crippen molar-refractivity contribution in [1.82, 2.24) is 9.97 Å². The number of hydrogen-bond acceptors (Lipinski definition) is 4. The van der Waals surface area contributed by atoms with Gasteiger partial charge in [0.15, 0.2) is 5.13 Å². The van der Waals surface area contributed by atoms with E-state index in [2.05, 4.69) is 15.3 Å². The van der Waals surface area contributed by atoms with Crippen LogP contribution in [0, 0.1) is 12.9 Å². The van der Waals surface area contributed by atoms with E-state index in [0.29, 0.717) is 5.13 Å². The van der Waals surface area contributed by atoms with E-state index in [0.717, 1.165) is 15.8 Å². The van der Waals surface area contributed by atoms with Gasteiger partial charge in [0, 0.05) is 0 Å². The van der Waals surface area contributed by atoms with Crippen molar-refractivity contribution < 1.29 is 9.18 Å². The Kier molecular flexibility index (Phi) is 3.15. The van der Waals surface area contributed by atoms with Crippen molar-refractivity contribution in [3.63, 3.8) is 0 Å². The minimum atomic E-state index is -0.683. The number of halogens is 1. The summed E-state index contributed by atoms with van der Waals surface area (Å²) in [5, 5.41) is 3.11. The Balaban J connectivity index is 1.87. The van der Waals surface area contributed by atoms with Gasteiger partial charge in [0.25, 0.3) is 5.91 Å². The highest BCUT2D eigenvalue weighted by molar-refractivity contribution is 7.22. The number of carbonyl (C=O) groups is 1. The highest BCUT2D eigenvalue weighted by Crippen LogP contribution is 2.26. The van der Waals surface area contributed by atoms with Crippen LogP contribution in [0.25, 0.3) is 10.2 Å². The van der Waals surface area contributed by atoms with E-state index < -0.39 is 11.9 Å². The summed E-state index contributed by atoms with van der Waals surface area (Å²) in [5.74, 6) is -1.15. The molecule has 1 aromatic carbocycles. The molecule has 0 aliphatic heterocycles. The number of amides is 1. The van der Waals surface area contributed by atoms with Gasteiger partial charge in [0.2, 0.25) is 5.95 Å². The Morgan fingerprint density at radius 3 is 2.90 bits per heavy atom. The molecule has 0 atom stereocenters. The third kappa shape index (κ3) is 2.50. The molecule has 0 aliphatic carbocycles. The minimum Gasteiger partial charge on any atom is -0.296 e. The minimum absolute atomic E-state index is 0.0282. The van der Waals surface area contributed by atoms with E-state index in [4.69, 9.17) is 0 Å². The van der Waals surface area contributed by atoms with Gasteiger partial charge in [0.05, 0.1) is 10.2 Å². The van der Waals surface area contributed by atoms with E-state index in [-0.39, 0.29) is 5.69 Å². The number of pyridine rings is 1. The van der Waals surface area contributed by atoms with Crippen LogP contribution in [-0.2, 0) is 0 Å². The summed E-state index contributed by atoms with van der Waals surface area (Å²) in [6.07, 6.45) is 0. The third-order valence-electron chi connectivity index (χ3n) is 2.71. The molecule has 6 heteroatoms. The van der Waals surface area contributed by atoms with E-state index >= 15 is 0 Å². The molecule has 0 aliphatic rings. The predicted octanol–water partition coefficient (Wildman–Crippen LogP) is 3.39. The molecule has 0 bridgehead atoms. The summed E-state index contributed by atoms with van der Waals surface area (Å²) in [7, 11) is 0. The zero-order chi connectivity index (χ0) is 14.1. The highest BCUT2D eigenvalue weighted by Gasteiger charge is 2.11. The molecule has 2 aromatic heterocycles. The van der Waals surface area contributed by atoms with Crippen LogP contribution in [0.15, 0.2) is 36.4 Å². The van der Waals surface area contributed by atoms with Crippen molar-refractivity contribution in [2.75, 3.05) is 5.32 Å². The largest absolute Gasteiger partial charge is 0.296 e. The lowest BCUT2D eigenvalue weighted by molar-refractivity contribution is 0.102. The van der Waals surface area contributed by atoms with Gasteiger partial charge in [-0.05, 0) is 36.8 Å². The first kappa shape index (κ1) is 12.7.